The van der Waals surface area contributed by atoms with Crippen LogP contribution in [0.5, 0.6) is 11.5 Å². The summed E-state index contributed by atoms with van der Waals surface area (Å²) in [6.45, 7) is 0.475. The third kappa shape index (κ3) is 3.05. The molecule has 2 nitrogen and oxygen atoms in total. The second-order valence-corrected chi connectivity index (χ2v) is 3.84. The van der Waals surface area contributed by atoms with E-state index in [9.17, 15) is 8.78 Å². The standard InChI is InChI=1S/C14H13F2NO/c1-17-9-10-7-12(16)5-6-14(10)18-13-4-2-3-11(15)8-13/h2-8,17H,9H2,1H3. The van der Waals surface area contributed by atoms with Gasteiger partial charge >= 0.3 is 0 Å². The van der Waals surface area contributed by atoms with E-state index in [1.807, 2.05) is 0 Å². The number of ether oxygens (including phenoxy) is 1. The molecule has 0 amide bonds. The zero-order chi connectivity index (χ0) is 13.0. The molecule has 0 saturated heterocycles. The van der Waals surface area contributed by atoms with E-state index in [1.54, 1.807) is 19.2 Å². The summed E-state index contributed by atoms with van der Waals surface area (Å²) in [7, 11) is 1.76. The first-order valence-corrected chi connectivity index (χ1v) is 5.55. The Morgan fingerprint density at radius 2 is 1.83 bits per heavy atom. The second-order valence-electron chi connectivity index (χ2n) is 3.84. The van der Waals surface area contributed by atoms with E-state index in [0.717, 1.165) is 0 Å². The van der Waals surface area contributed by atoms with Crippen molar-refractivity contribution in [3.63, 3.8) is 0 Å². The van der Waals surface area contributed by atoms with Gasteiger partial charge in [-0.25, -0.2) is 8.78 Å². The van der Waals surface area contributed by atoms with E-state index in [4.69, 9.17) is 4.74 Å². The minimum atomic E-state index is -0.371. The van der Waals surface area contributed by atoms with Crippen molar-refractivity contribution in [3.8, 4) is 11.5 Å². The van der Waals surface area contributed by atoms with Gasteiger partial charge in [0.25, 0.3) is 0 Å². The highest BCUT2D eigenvalue weighted by atomic mass is 19.1. The van der Waals surface area contributed by atoms with Gasteiger partial charge in [0, 0.05) is 18.2 Å². The predicted molar refractivity (Wildman–Crippen MR) is 65.6 cm³/mol. The highest BCUT2D eigenvalue weighted by Gasteiger charge is 2.06. The van der Waals surface area contributed by atoms with Gasteiger partial charge in [0.15, 0.2) is 0 Å². The fourth-order valence-electron chi connectivity index (χ4n) is 1.63. The van der Waals surface area contributed by atoms with Crippen molar-refractivity contribution >= 4 is 0 Å². The molecule has 0 bridgehead atoms. The second kappa shape index (κ2) is 5.60. The maximum atomic E-state index is 13.1. The average molecular weight is 249 g/mol. The van der Waals surface area contributed by atoms with E-state index in [1.165, 1.54) is 30.3 Å². The minimum Gasteiger partial charge on any atom is -0.457 e. The fraction of sp³-hybridized carbons (Fsp3) is 0.143. The largest absolute Gasteiger partial charge is 0.457 e. The molecule has 0 saturated carbocycles. The smallest absolute Gasteiger partial charge is 0.132 e. The monoisotopic (exact) mass is 249 g/mol. The van der Waals surface area contributed by atoms with Gasteiger partial charge in [-0.2, -0.15) is 0 Å². The Bertz CT molecular complexity index is 543. The fourth-order valence-corrected chi connectivity index (χ4v) is 1.63. The molecule has 0 fully saturated rings. The quantitative estimate of drug-likeness (QED) is 0.895. The van der Waals surface area contributed by atoms with E-state index in [-0.39, 0.29) is 11.6 Å². The summed E-state index contributed by atoms with van der Waals surface area (Å²) in [6.07, 6.45) is 0. The Hall–Kier alpha value is -1.94. The van der Waals surface area contributed by atoms with Gasteiger partial charge < -0.3 is 10.1 Å². The molecule has 2 aromatic carbocycles. The lowest BCUT2D eigenvalue weighted by atomic mass is 10.2. The Labute approximate surface area is 104 Å². The molecule has 0 radical (unpaired) electrons. The molecule has 18 heavy (non-hydrogen) atoms. The topological polar surface area (TPSA) is 21.3 Å². The van der Waals surface area contributed by atoms with Gasteiger partial charge in [-0.15, -0.1) is 0 Å². The normalized spacial score (nSPS) is 10.4. The summed E-state index contributed by atoms with van der Waals surface area (Å²) < 4.78 is 31.7. The molecule has 94 valence electrons. The van der Waals surface area contributed by atoms with Crippen molar-refractivity contribution in [3.05, 3.63) is 59.7 Å². The van der Waals surface area contributed by atoms with E-state index >= 15 is 0 Å². The van der Waals surface area contributed by atoms with Gasteiger partial charge in [0.1, 0.15) is 23.1 Å². The summed E-state index contributed by atoms with van der Waals surface area (Å²) in [5.41, 5.74) is 0.682. The third-order valence-corrected chi connectivity index (χ3v) is 2.41. The summed E-state index contributed by atoms with van der Waals surface area (Å²) in [6, 6.07) is 10.1. The van der Waals surface area contributed by atoms with Crippen molar-refractivity contribution < 1.29 is 13.5 Å². The summed E-state index contributed by atoms with van der Waals surface area (Å²) in [5, 5.41) is 2.93. The van der Waals surface area contributed by atoms with Crippen LogP contribution in [0.1, 0.15) is 5.56 Å². The molecule has 1 N–H and O–H groups in total. The molecule has 0 aliphatic rings. The van der Waals surface area contributed by atoms with Gasteiger partial charge in [0.2, 0.25) is 0 Å². The first-order chi connectivity index (χ1) is 8.69. The van der Waals surface area contributed by atoms with Gasteiger partial charge in [0.05, 0.1) is 0 Å². The third-order valence-electron chi connectivity index (χ3n) is 2.41. The number of nitrogens with one attached hydrogen (secondary N) is 1. The first-order valence-electron chi connectivity index (χ1n) is 5.55. The minimum absolute atomic E-state index is 0.327. The molecule has 0 heterocycles. The highest BCUT2D eigenvalue weighted by molar-refractivity contribution is 5.38. The van der Waals surface area contributed by atoms with Crippen molar-refractivity contribution in [2.24, 2.45) is 0 Å². The predicted octanol–water partition coefficient (Wildman–Crippen LogP) is 3.48. The molecular weight excluding hydrogens is 236 g/mol. The zero-order valence-electron chi connectivity index (χ0n) is 9.91. The number of rotatable bonds is 4. The van der Waals surface area contributed by atoms with Crippen LogP contribution >= 0.6 is 0 Å². The van der Waals surface area contributed by atoms with E-state index < -0.39 is 0 Å². The van der Waals surface area contributed by atoms with Gasteiger partial charge in [-0.1, -0.05) is 6.07 Å². The van der Waals surface area contributed by atoms with E-state index in [0.29, 0.717) is 23.6 Å². The van der Waals surface area contributed by atoms with Crippen LogP contribution in [0.2, 0.25) is 0 Å². The molecule has 0 spiro atoms. The lowest BCUT2D eigenvalue weighted by Gasteiger charge is -2.11. The van der Waals surface area contributed by atoms with Crippen LogP contribution in [0, 0.1) is 11.6 Å². The molecule has 0 aliphatic carbocycles. The van der Waals surface area contributed by atoms with E-state index in [2.05, 4.69) is 5.32 Å². The summed E-state index contributed by atoms with van der Waals surface area (Å²) in [4.78, 5) is 0. The summed E-state index contributed by atoms with van der Waals surface area (Å²) in [5.74, 6) is 0.201. The molecule has 0 aliphatic heterocycles. The van der Waals surface area contributed by atoms with Crippen LogP contribution in [0.15, 0.2) is 42.5 Å². The Balaban J connectivity index is 2.28. The molecule has 0 atom stereocenters. The van der Waals surface area contributed by atoms with Crippen LogP contribution in [-0.4, -0.2) is 7.05 Å². The molecule has 2 aromatic rings. The SMILES string of the molecule is CNCc1cc(F)ccc1Oc1cccc(F)c1. The highest BCUT2D eigenvalue weighted by Crippen LogP contribution is 2.26. The Morgan fingerprint density at radius 3 is 2.56 bits per heavy atom. The van der Waals surface area contributed by atoms with Gasteiger partial charge in [-0.3, -0.25) is 0 Å². The van der Waals surface area contributed by atoms with Crippen LogP contribution < -0.4 is 10.1 Å². The van der Waals surface area contributed by atoms with Crippen LogP contribution in [-0.2, 0) is 6.54 Å². The number of hydrogen-bond acceptors (Lipinski definition) is 2. The van der Waals surface area contributed by atoms with Gasteiger partial charge in [-0.05, 0) is 37.4 Å². The number of halogens is 2. The molecular formula is C14H13F2NO. The number of hydrogen-bond donors (Lipinski definition) is 1. The first kappa shape index (κ1) is 12.5. The summed E-state index contributed by atoms with van der Waals surface area (Å²) >= 11 is 0. The zero-order valence-corrected chi connectivity index (χ0v) is 9.91. The maximum absolute atomic E-state index is 13.1. The lowest BCUT2D eigenvalue weighted by Crippen LogP contribution is -2.06. The lowest BCUT2D eigenvalue weighted by molar-refractivity contribution is 0.466. The Kier molecular flexibility index (Phi) is 3.89. The number of benzene rings is 2. The van der Waals surface area contributed by atoms with Crippen LogP contribution in [0.3, 0.4) is 0 Å². The molecule has 2 rings (SSSR count). The average Bonchev–Trinajstić information content (AvgIpc) is 2.33. The van der Waals surface area contributed by atoms with Crippen LogP contribution in [0.4, 0.5) is 8.78 Å². The molecule has 0 unspecified atom stereocenters. The molecule has 4 heteroatoms. The van der Waals surface area contributed by atoms with Crippen molar-refractivity contribution in [1.29, 1.82) is 0 Å². The van der Waals surface area contributed by atoms with Crippen molar-refractivity contribution in [1.82, 2.24) is 5.32 Å². The van der Waals surface area contributed by atoms with Crippen LogP contribution in [0.25, 0.3) is 0 Å². The Morgan fingerprint density at radius 1 is 1.06 bits per heavy atom. The van der Waals surface area contributed by atoms with Crippen molar-refractivity contribution in [2.75, 3.05) is 7.05 Å². The van der Waals surface area contributed by atoms with Crippen molar-refractivity contribution in [2.45, 2.75) is 6.54 Å². The molecule has 0 aromatic heterocycles. The maximum Gasteiger partial charge on any atom is 0.132 e.